The van der Waals surface area contributed by atoms with E-state index in [1.54, 1.807) is 13.1 Å². The highest BCUT2D eigenvalue weighted by atomic mass is 19.4. The monoisotopic (exact) mass is 261 g/mol. The summed E-state index contributed by atoms with van der Waals surface area (Å²) in [6, 6.07) is 4.16. The highest BCUT2D eigenvalue weighted by Gasteiger charge is 2.34. The molecular formula is C13H18F3NO. The molecule has 1 rings (SSSR count). The van der Waals surface area contributed by atoms with Gasteiger partial charge in [0.05, 0.1) is 12.2 Å². The van der Waals surface area contributed by atoms with E-state index >= 15 is 0 Å². The maximum absolute atomic E-state index is 12.9. The fourth-order valence-corrected chi connectivity index (χ4v) is 1.50. The first-order chi connectivity index (χ1) is 8.34. The summed E-state index contributed by atoms with van der Waals surface area (Å²) in [6.07, 6.45) is -4.39. The second kappa shape index (κ2) is 6.09. The van der Waals surface area contributed by atoms with Gasteiger partial charge in [0.15, 0.2) is 0 Å². The van der Waals surface area contributed by atoms with Crippen molar-refractivity contribution in [2.75, 3.05) is 13.7 Å². The van der Waals surface area contributed by atoms with E-state index in [1.807, 2.05) is 13.8 Å². The van der Waals surface area contributed by atoms with Crippen LogP contribution in [0.1, 0.15) is 25.0 Å². The molecule has 1 aromatic carbocycles. The van der Waals surface area contributed by atoms with E-state index in [0.29, 0.717) is 12.1 Å². The third-order valence-corrected chi connectivity index (χ3v) is 2.30. The molecule has 0 radical (unpaired) electrons. The van der Waals surface area contributed by atoms with Crippen LogP contribution in [-0.2, 0) is 12.7 Å². The Bertz CT molecular complexity index is 388. The molecule has 5 heteroatoms. The Kier molecular flexibility index (Phi) is 5.02. The van der Waals surface area contributed by atoms with Gasteiger partial charge < -0.3 is 10.1 Å². The lowest BCUT2D eigenvalue weighted by Gasteiger charge is -2.16. The minimum absolute atomic E-state index is 0.101. The Hall–Kier alpha value is -1.23. The Balaban J connectivity index is 3.01. The number of nitrogens with one attached hydrogen (secondary N) is 1. The van der Waals surface area contributed by atoms with Crippen LogP contribution in [0.25, 0.3) is 0 Å². The average molecular weight is 261 g/mol. The summed E-state index contributed by atoms with van der Waals surface area (Å²) < 4.78 is 43.9. The lowest BCUT2D eigenvalue weighted by atomic mass is 10.1. The SMILES string of the molecule is CNCc1ccc(OCC(C)C)c(C(F)(F)F)c1. The molecule has 18 heavy (non-hydrogen) atoms. The largest absolute Gasteiger partial charge is 0.493 e. The molecule has 0 aromatic heterocycles. The minimum Gasteiger partial charge on any atom is -0.493 e. The van der Waals surface area contributed by atoms with Crippen molar-refractivity contribution < 1.29 is 17.9 Å². The lowest BCUT2D eigenvalue weighted by Crippen LogP contribution is -2.13. The molecule has 1 aromatic rings. The van der Waals surface area contributed by atoms with E-state index in [4.69, 9.17) is 4.74 Å². The zero-order valence-electron chi connectivity index (χ0n) is 10.8. The molecule has 0 aliphatic rings. The summed E-state index contributed by atoms with van der Waals surface area (Å²) in [5.74, 6) is 0.0825. The molecule has 0 aliphatic heterocycles. The van der Waals surface area contributed by atoms with Gasteiger partial charge >= 0.3 is 6.18 Å². The van der Waals surface area contributed by atoms with Gasteiger partial charge in [0.1, 0.15) is 5.75 Å². The standard InChI is InChI=1S/C13H18F3NO/c1-9(2)8-18-12-5-4-10(7-17-3)6-11(12)13(14,15)16/h4-6,9,17H,7-8H2,1-3H3. The Morgan fingerprint density at radius 1 is 1.28 bits per heavy atom. The summed E-state index contributed by atoms with van der Waals surface area (Å²) in [5, 5.41) is 2.82. The summed E-state index contributed by atoms with van der Waals surface area (Å²) in [7, 11) is 1.69. The van der Waals surface area contributed by atoms with Crippen LogP contribution in [0, 0.1) is 5.92 Å². The van der Waals surface area contributed by atoms with Crippen LogP contribution < -0.4 is 10.1 Å². The molecule has 0 aliphatic carbocycles. The topological polar surface area (TPSA) is 21.3 Å². The molecule has 0 fully saturated rings. The first-order valence-corrected chi connectivity index (χ1v) is 5.82. The molecule has 0 unspecified atom stereocenters. The molecule has 0 atom stereocenters. The molecule has 1 N–H and O–H groups in total. The zero-order valence-corrected chi connectivity index (χ0v) is 10.8. The van der Waals surface area contributed by atoms with E-state index in [2.05, 4.69) is 5.32 Å². The highest BCUT2D eigenvalue weighted by molar-refractivity contribution is 5.39. The van der Waals surface area contributed by atoms with E-state index in [-0.39, 0.29) is 18.3 Å². The van der Waals surface area contributed by atoms with Gasteiger partial charge in [-0.15, -0.1) is 0 Å². The van der Waals surface area contributed by atoms with Gasteiger partial charge in [-0.25, -0.2) is 0 Å². The summed E-state index contributed by atoms with van der Waals surface area (Å²) in [4.78, 5) is 0. The quantitative estimate of drug-likeness (QED) is 0.876. The van der Waals surface area contributed by atoms with Crippen molar-refractivity contribution in [3.8, 4) is 5.75 Å². The average Bonchev–Trinajstić information content (AvgIpc) is 2.26. The van der Waals surface area contributed by atoms with Crippen LogP contribution in [0.4, 0.5) is 13.2 Å². The van der Waals surface area contributed by atoms with Crippen LogP contribution >= 0.6 is 0 Å². The molecule has 0 bridgehead atoms. The van der Waals surface area contributed by atoms with Crippen molar-refractivity contribution in [2.45, 2.75) is 26.6 Å². The number of hydrogen-bond donors (Lipinski definition) is 1. The van der Waals surface area contributed by atoms with Gasteiger partial charge in [-0.05, 0) is 30.7 Å². The Morgan fingerprint density at radius 2 is 1.94 bits per heavy atom. The van der Waals surface area contributed by atoms with Crippen molar-refractivity contribution in [3.05, 3.63) is 29.3 Å². The van der Waals surface area contributed by atoms with Crippen molar-refractivity contribution in [3.63, 3.8) is 0 Å². The minimum atomic E-state index is -4.39. The first kappa shape index (κ1) is 14.8. The van der Waals surface area contributed by atoms with Gasteiger partial charge in [-0.1, -0.05) is 19.9 Å². The van der Waals surface area contributed by atoms with Gasteiger partial charge in [0.2, 0.25) is 0 Å². The number of halogens is 3. The number of hydrogen-bond acceptors (Lipinski definition) is 2. The Labute approximate surface area is 105 Å². The van der Waals surface area contributed by atoms with Gasteiger partial charge in [-0.3, -0.25) is 0 Å². The molecule has 0 heterocycles. The van der Waals surface area contributed by atoms with Crippen LogP contribution in [-0.4, -0.2) is 13.7 Å². The molecule has 0 saturated heterocycles. The van der Waals surface area contributed by atoms with Crippen molar-refractivity contribution in [1.82, 2.24) is 5.32 Å². The predicted molar refractivity (Wildman–Crippen MR) is 64.5 cm³/mol. The molecule has 0 amide bonds. The normalized spacial score (nSPS) is 11.9. The van der Waals surface area contributed by atoms with Crippen molar-refractivity contribution >= 4 is 0 Å². The summed E-state index contributed by atoms with van der Waals surface area (Å²) in [5.41, 5.74) is -0.127. The number of rotatable bonds is 5. The molecule has 102 valence electrons. The fraction of sp³-hybridized carbons (Fsp3) is 0.538. The third kappa shape index (κ3) is 4.22. The maximum Gasteiger partial charge on any atom is 0.419 e. The first-order valence-electron chi connectivity index (χ1n) is 5.82. The molecule has 2 nitrogen and oxygen atoms in total. The second-order valence-corrected chi connectivity index (χ2v) is 4.56. The van der Waals surface area contributed by atoms with Gasteiger partial charge in [0, 0.05) is 6.54 Å². The third-order valence-electron chi connectivity index (χ3n) is 2.30. The lowest BCUT2D eigenvalue weighted by molar-refractivity contribution is -0.139. The van der Waals surface area contributed by atoms with Crippen LogP contribution in [0.15, 0.2) is 18.2 Å². The van der Waals surface area contributed by atoms with Crippen molar-refractivity contribution in [2.24, 2.45) is 5.92 Å². The van der Waals surface area contributed by atoms with Crippen LogP contribution in [0.5, 0.6) is 5.75 Å². The molecule has 0 spiro atoms. The predicted octanol–water partition coefficient (Wildman–Crippen LogP) is 3.46. The van der Waals surface area contributed by atoms with Crippen molar-refractivity contribution in [1.29, 1.82) is 0 Å². The maximum atomic E-state index is 12.9. The molecular weight excluding hydrogens is 243 g/mol. The smallest absolute Gasteiger partial charge is 0.419 e. The highest BCUT2D eigenvalue weighted by Crippen LogP contribution is 2.37. The number of ether oxygens (including phenoxy) is 1. The fourth-order valence-electron chi connectivity index (χ4n) is 1.50. The van der Waals surface area contributed by atoms with E-state index in [1.165, 1.54) is 6.07 Å². The van der Waals surface area contributed by atoms with Gasteiger partial charge in [0.25, 0.3) is 0 Å². The number of benzene rings is 1. The van der Waals surface area contributed by atoms with E-state index in [9.17, 15) is 13.2 Å². The number of alkyl halides is 3. The van der Waals surface area contributed by atoms with Crippen LogP contribution in [0.2, 0.25) is 0 Å². The summed E-state index contributed by atoms with van der Waals surface area (Å²) in [6.45, 7) is 4.45. The zero-order chi connectivity index (χ0) is 13.8. The Morgan fingerprint density at radius 3 is 2.44 bits per heavy atom. The van der Waals surface area contributed by atoms with Gasteiger partial charge in [-0.2, -0.15) is 13.2 Å². The van der Waals surface area contributed by atoms with Crippen LogP contribution in [0.3, 0.4) is 0 Å². The van der Waals surface area contributed by atoms with E-state index < -0.39 is 11.7 Å². The molecule has 0 saturated carbocycles. The second-order valence-electron chi connectivity index (χ2n) is 4.56. The van der Waals surface area contributed by atoms with E-state index in [0.717, 1.165) is 6.07 Å². The summed E-state index contributed by atoms with van der Waals surface area (Å²) >= 11 is 0.